The highest BCUT2D eigenvalue weighted by molar-refractivity contribution is 4.85. The van der Waals surface area contributed by atoms with Gasteiger partial charge in [-0.2, -0.15) is 0 Å². The molecule has 0 amide bonds. The van der Waals surface area contributed by atoms with Crippen LogP contribution in [-0.4, -0.2) is 37.1 Å². The Hall–Kier alpha value is -0.0800. The lowest BCUT2D eigenvalue weighted by Crippen LogP contribution is -2.47. The zero-order chi connectivity index (χ0) is 9.97. The Balaban J connectivity index is 1.84. The molecule has 1 N–H and O–H groups in total. The fraction of sp³-hybridized carbons (Fsp3) is 1.00. The highest BCUT2D eigenvalue weighted by Gasteiger charge is 2.29. The second kappa shape index (κ2) is 4.63. The van der Waals surface area contributed by atoms with Crippen LogP contribution in [0, 0.1) is 5.92 Å². The Morgan fingerprint density at radius 3 is 2.57 bits per heavy atom. The van der Waals surface area contributed by atoms with Crippen molar-refractivity contribution in [2.75, 3.05) is 20.1 Å². The molecule has 1 aliphatic heterocycles. The van der Waals surface area contributed by atoms with Crippen LogP contribution in [0.25, 0.3) is 0 Å². The van der Waals surface area contributed by atoms with Gasteiger partial charge in [0.25, 0.3) is 0 Å². The lowest BCUT2D eigenvalue weighted by atomic mass is 10.0. The number of nitrogens with zero attached hydrogens (tertiary/aromatic N) is 1. The Bertz CT molecular complexity index is 170. The molecule has 3 atom stereocenters. The molecule has 2 rings (SSSR count). The van der Waals surface area contributed by atoms with E-state index in [0.717, 1.165) is 18.0 Å². The summed E-state index contributed by atoms with van der Waals surface area (Å²) < 4.78 is 0. The van der Waals surface area contributed by atoms with Crippen molar-refractivity contribution in [3.8, 4) is 0 Å². The van der Waals surface area contributed by atoms with E-state index >= 15 is 0 Å². The first kappa shape index (κ1) is 10.4. The molecule has 82 valence electrons. The molecular formula is C12H24N2. The Morgan fingerprint density at radius 2 is 2.00 bits per heavy atom. The van der Waals surface area contributed by atoms with Crippen LogP contribution in [0.2, 0.25) is 0 Å². The third kappa shape index (κ3) is 2.29. The van der Waals surface area contributed by atoms with Crippen LogP contribution in [0.4, 0.5) is 0 Å². The fourth-order valence-electron chi connectivity index (χ4n) is 3.03. The summed E-state index contributed by atoms with van der Waals surface area (Å²) in [5, 5.41) is 3.51. The Labute approximate surface area is 88.1 Å². The van der Waals surface area contributed by atoms with Gasteiger partial charge < -0.3 is 5.32 Å². The van der Waals surface area contributed by atoms with Gasteiger partial charge in [0.1, 0.15) is 0 Å². The van der Waals surface area contributed by atoms with Crippen molar-refractivity contribution in [2.24, 2.45) is 5.92 Å². The standard InChI is InChI=1S/C12H24N2/c1-10-5-6-11(8-10)14(2)12-4-3-7-13-9-12/h10-13H,3-9H2,1-2H3. The third-order valence-electron chi connectivity index (χ3n) is 4.09. The van der Waals surface area contributed by atoms with E-state index in [9.17, 15) is 0 Å². The molecule has 0 bridgehead atoms. The maximum atomic E-state index is 3.51. The van der Waals surface area contributed by atoms with Gasteiger partial charge in [-0.25, -0.2) is 0 Å². The minimum Gasteiger partial charge on any atom is -0.315 e. The van der Waals surface area contributed by atoms with Gasteiger partial charge in [0.15, 0.2) is 0 Å². The van der Waals surface area contributed by atoms with E-state index in [2.05, 4.69) is 24.2 Å². The fourth-order valence-corrected chi connectivity index (χ4v) is 3.03. The first-order valence-corrected chi connectivity index (χ1v) is 6.20. The van der Waals surface area contributed by atoms with Gasteiger partial charge in [-0.3, -0.25) is 4.90 Å². The van der Waals surface area contributed by atoms with Crippen LogP contribution in [0.15, 0.2) is 0 Å². The monoisotopic (exact) mass is 196 g/mol. The molecule has 1 saturated heterocycles. The maximum Gasteiger partial charge on any atom is 0.0221 e. The van der Waals surface area contributed by atoms with Gasteiger partial charge in [0, 0.05) is 18.6 Å². The van der Waals surface area contributed by atoms with E-state index in [1.54, 1.807) is 0 Å². The maximum absolute atomic E-state index is 3.51. The molecule has 2 aliphatic rings. The van der Waals surface area contributed by atoms with E-state index in [4.69, 9.17) is 0 Å². The van der Waals surface area contributed by atoms with Crippen molar-refractivity contribution in [2.45, 2.75) is 51.1 Å². The molecule has 0 spiro atoms. The molecule has 2 nitrogen and oxygen atoms in total. The van der Waals surface area contributed by atoms with Crippen LogP contribution in [0.3, 0.4) is 0 Å². The second-order valence-electron chi connectivity index (χ2n) is 5.24. The quantitative estimate of drug-likeness (QED) is 0.725. The Morgan fingerprint density at radius 1 is 1.14 bits per heavy atom. The normalized spacial score (nSPS) is 39.2. The summed E-state index contributed by atoms with van der Waals surface area (Å²) >= 11 is 0. The van der Waals surface area contributed by atoms with Crippen LogP contribution < -0.4 is 5.32 Å². The molecule has 1 saturated carbocycles. The summed E-state index contributed by atoms with van der Waals surface area (Å²) in [5.74, 6) is 0.957. The van der Waals surface area contributed by atoms with E-state index in [1.807, 2.05) is 0 Å². The summed E-state index contributed by atoms with van der Waals surface area (Å²) in [5.41, 5.74) is 0. The van der Waals surface area contributed by atoms with Crippen LogP contribution in [0.5, 0.6) is 0 Å². The van der Waals surface area contributed by atoms with Gasteiger partial charge in [-0.15, -0.1) is 0 Å². The largest absolute Gasteiger partial charge is 0.315 e. The van der Waals surface area contributed by atoms with E-state index in [1.165, 1.54) is 45.2 Å². The number of hydrogen-bond acceptors (Lipinski definition) is 2. The number of rotatable bonds is 2. The van der Waals surface area contributed by atoms with Crippen LogP contribution >= 0.6 is 0 Å². The average Bonchev–Trinajstić information content (AvgIpc) is 2.65. The highest BCUT2D eigenvalue weighted by Crippen LogP contribution is 2.29. The van der Waals surface area contributed by atoms with Gasteiger partial charge in [0.05, 0.1) is 0 Å². The number of piperidine rings is 1. The molecule has 14 heavy (non-hydrogen) atoms. The molecule has 0 aromatic carbocycles. The predicted molar refractivity (Wildman–Crippen MR) is 60.5 cm³/mol. The predicted octanol–water partition coefficient (Wildman–Crippen LogP) is 1.86. The Kier molecular flexibility index (Phi) is 3.45. The molecular weight excluding hydrogens is 172 g/mol. The summed E-state index contributed by atoms with van der Waals surface area (Å²) in [4.78, 5) is 2.65. The molecule has 1 heterocycles. The minimum absolute atomic E-state index is 0.805. The average molecular weight is 196 g/mol. The molecule has 3 unspecified atom stereocenters. The zero-order valence-corrected chi connectivity index (χ0v) is 9.63. The van der Waals surface area contributed by atoms with Crippen LogP contribution in [0.1, 0.15) is 39.0 Å². The lowest BCUT2D eigenvalue weighted by Gasteiger charge is -2.35. The molecule has 0 aromatic heterocycles. The minimum atomic E-state index is 0.805. The van der Waals surface area contributed by atoms with Crippen molar-refractivity contribution < 1.29 is 0 Å². The van der Waals surface area contributed by atoms with E-state index in [0.29, 0.717) is 0 Å². The third-order valence-corrected chi connectivity index (χ3v) is 4.09. The van der Waals surface area contributed by atoms with Gasteiger partial charge in [-0.1, -0.05) is 6.92 Å². The zero-order valence-electron chi connectivity index (χ0n) is 9.63. The second-order valence-corrected chi connectivity index (χ2v) is 5.24. The van der Waals surface area contributed by atoms with Gasteiger partial charge in [-0.05, 0) is 51.6 Å². The van der Waals surface area contributed by atoms with Crippen molar-refractivity contribution in [1.29, 1.82) is 0 Å². The number of likely N-dealkylation sites (N-methyl/N-ethyl adjacent to an activating group) is 1. The lowest BCUT2D eigenvalue weighted by molar-refractivity contribution is 0.146. The van der Waals surface area contributed by atoms with Crippen molar-refractivity contribution in [3.63, 3.8) is 0 Å². The van der Waals surface area contributed by atoms with Crippen molar-refractivity contribution >= 4 is 0 Å². The molecule has 2 fully saturated rings. The highest BCUT2D eigenvalue weighted by atomic mass is 15.2. The smallest absolute Gasteiger partial charge is 0.0221 e. The summed E-state index contributed by atoms with van der Waals surface area (Å²) in [7, 11) is 2.33. The van der Waals surface area contributed by atoms with Crippen molar-refractivity contribution in [3.05, 3.63) is 0 Å². The molecule has 2 heteroatoms. The van der Waals surface area contributed by atoms with Gasteiger partial charge >= 0.3 is 0 Å². The summed E-state index contributed by atoms with van der Waals surface area (Å²) in [6.07, 6.45) is 7.04. The first-order chi connectivity index (χ1) is 6.77. The number of hydrogen-bond donors (Lipinski definition) is 1. The van der Waals surface area contributed by atoms with E-state index in [-0.39, 0.29) is 0 Å². The topological polar surface area (TPSA) is 15.3 Å². The molecule has 0 aromatic rings. The first-order valence-electron chi connectivity index (χ1n) is 6.20. The summed E-state index contributed by atoms with van der Waals surface area (Å²) in [6, 6.07) is 1.67. The van der Waals surface area contributed by atoms with Crippen LogP contribution in [-0.2, 0) is 0 Å². The summed E-state index contributed by atoms with van der Waals surface area (Å²) in [6.45, 7) is 4.83. The van der Waals surface area contributed by atoms with Gasteiger partial charge in [0.2, 0.25) is 0 Å². The van der Waals surface area contributed by atoms with Crippen molar-refractivity contribution in [1.82, 2.24) is 10.2 Å². The molecule has 1 aliphatic carbocycles. The number of nitrogens with one attached hydrogen (secondary N) is 1. The van der Waals surface area contributed by atoms with E-state index < -0.39 is 0 Å². The molecule has 0 radical (unpaired) electrons. The SMILES string of the molecule is CC1CCC(N(C)C2CCCNC2)C1.